The zero-order chi connectivity index (χ0) is 22.9. The molecule has 33 heavy (non-hydrogen) atoms. The number of ether oxygens (including phenoxy) is 2. The molecule has 0 bridgehead atoms. The lowest BCUT2D eigenvalue weighted by molar-refractivity contribution is -0.110. The van der Waals surface area contributed by atoms with Crippen LogP contribution in [0.4, 0.5) is 11.4 Å². The molecule has 0 fully saturated rings. The highest BCUT2D eigenvalue weighted by atomic mass is 32.1. The van der Waals surface area contributed by atoms with Crippen molar-refractivity contribution in [1.82, 2.24) is 4.98 Å². The molecule has 0 atom stereocenters. The predicted molar refractivity (Wildman–Crippen MR) is 129 cm³/mol. The van der Waals surface area contributed by atoms with E-state index >= 15 is 0 Å². The Bertz CT molecular complexity index is 1420. The number of amides is 1. The molecule has 4 aromatic rings. The van der Waals surface area contributed by atoms with E-state index in [2.05, 4.69) is 15.6 Å². The van der Waals surface area contributed by atoms with Crippen LogP contribution in [-0.2, 0) is 9.53 Å². The molecular weight excluding hydrogens is 438 g/mol. The van der Waals surface area contributed by atoms with Crippen molar-refractivity contribution in [3.8, 4) is 11.5 Å². The number of methoxy groups -OCH3 is 1. The smallest absolute Gasteiger partial charge is 0.337 e. The summed E-state index contributed by atoms with van der Waals surface area (Å²) in [6.07, 6.45) is 0. The van der Waals surface area contributed by atoms with E-state index in [0.29, 0.717) is 22.6 Å². The topological polar surface area (TPSA) is 89.5 Å². The van der Waals surface area contributed by atoms with E-state index in [9.17, 15) is 9.59 Å². The molecule has 164 valence electrons. The molecule has 1 aliphatic heterocycles. The maximum Gasteiger partial charge on any atom is 0.337 e. The summed E-state index contributed by atoms with van der Waals surface area (Å²) in [5.74, 6) is 0.589. The molecule has 1 amide bonds. The van der Waals surface area contributed by atoms with E-state index in [4.69, 9.17) is 9.47 Å². The lowest BCUT2D eigenvalue weighted by atomic mass is 10.0. The summed E-state index contributed by atoms with van der Waals surface area (Å²) >= 11 is 1.52. The van der Waals surface area contributed by atoms with E-state index in [1.807, 2.05) is 43.3 Å². The molecule has 1 aromatic heterocycles. The van der Waals surface area contributed by atoms with Crippen molar-refractivity contribution in [2.45, 2.75) is 6.92 Å². The number of benzene rings is 3. The van der Waals surface area contributed by atoms with Gasteiger partial charge in [0.25, 0.3) is 5.91 Å². The normalized spacial score (nSPS) is 13.9. The van der Waals surface area contributed by atoms with Crippen LogP contribution in [0, 0.1) is 0 Å². The second kappa shape index (κ2) is 8.40. The number of nitrogens with zero attached hydrogens (tertiary/aromatic N) is 1. The lowest BCUT2D eigenvalue weighted by Gasteiger charge is -2.11. The van der Waals surface area contributed by atoms with Crippen LogP contribution in [-0.4, -0.2) is 24.0 Å². The summed E-state index contributed by atoms with van der Waals surface area (Å²) in [6.45, 7) is 1.88. The predicted octanol–water partition coefficient (Wildman–Crippen LogP) is 5.67. The molecule has 0 saturated carbocycles. The summed E-state index contributed by atoms with van der Waals surface area (Å²) in [5.41, 5.74) is 6.92. The van der Waals surface area contributed by atoms with E-state index in [1.54, 1.807) is 29.8 Å². The number of esters is 1. The van der Waals surface area contributed by atoms with Crippen molar-refractivity contribution < 1.29 is 19.1 Å². The van der Waals surface area contributed by atoms with Gasteiger partial charge in [-0.05, 0) is 61.5 Å². The first kappa shape index (κ1) is 20.7. The third kappa shape index (κ3) is 3.92. The molecule has 0 aliphatic carbocycles. The van der Waals surface area contributed by atoms with Crippen molar-refractivity contribution in [2.24, 2.45) is 0 Å². The monoisotopic (exact) mass is 457 g/mol. The number of carbonyl (C=O) groups excluding carboxylic acids is 2. The van der Waals surface area contributed by atoms with Gasteiger partial charge in [0.1, 0.15) is 11.5 Å². The molecular formula is C25H19N3O4S. The van der Waals surface area contributed by atoms with Crippen molar-refractivity contribution in [2.75, 3.05) is 17.7 Å². The largest absolute Gasteiger partial charge is 0.465 e. The van der Waals surface area contributed by atoms with Gasteiger partial charge in [0.05, 0.1) is 39.7 Å². The van der Waals surface area contributed by atoms with E-state index in [1.165, 1.54) is 18.4 Å². The number of aromatic nitrogens is 1. The van der Waals surface area contributed by atoms with Crippen molar-refractivity contribution in [3.63, 3.8) is 0 Å². The summed E-state index contributed by atoms with van der Waals surface area (Å²) in [4.78, 5) is 28.8. The second-order valence-corrected chi connectivity index (χ2v) is 8.27. The van der Waals surface area contributed by atoms with Crippen LogP contribution in [0.1, 0.15) is 22.8 Å². The molecule has 3 aromatic carbocycles. The molecule has 2 N–H and O–H groups in total. The molecule has 0 radical (unpaired) electrons. The van der Waals surface area contributed by atoms with Gasteiger partial charge < -0.3 is 20.1 Å². The minimum atomic E-state index is -0.420. The van der Waals surface area contributed by atoms with Gasteiger partial charge in [-0.3, -0.25) is 4.79 Å². The van der Waals surface area contributed by atoms with Crippen LogP contribution >= 0.6 is 11.3 Å². The molecule has 0 spiro atoms. The van der Waals surface area contributed by atoms with Gasteiger partial charge in [-0.1, -0.05) is 6.07 Å². The van der Waals surface area contributed by atoms with Gasteiger partial charge in [0, 0.05) is 16.9 Å². The first-order valence-electron chi connectivity index (χ1n) is 10.2. The Balaban J connectivity index is 1.37. The lowest BCUT2D eigenvalue weighted by Crippen LogP contribution is -2.08. The Kier molecular flexibility index (Phi) is 5.27. The van der Waals surface area contributed by atoms with Crippen LogP contribution in [0.15, 0.2) is 71.9 Å². The first-order chi connectivity index (χ1) is 16.0. The van der Waals surface area contributed by atoms with E-state index in [-0.39, 0.29) is 5.91 Å². The fraction of sp³-hybridized carbons (Fsp3) is 0.0800. The quantitative estimate of drug-likeness (QED) is 0.296. The minimum absolute atomic E-state index is 0.138. The van der Waals surface area contributed by atoms with Crippen molar-refractivity contribution in [3.05, 3.63) is 83.0 Å². The van der Waals surface area contributed by atoms with Gasteiger partial charge in [-0.25, -0.2) is 9.78 Å². The highest BCUT2D eigenvalue weighted by Gasteiger charge is 2.29. The van der Waals surface area contributed by atoms with Gasteiger partial charge >= 0.3 is 5.97 Å². The molecule has 2 heterocycles. The Labute approximate surface area is 193 Å². The highest BCUT2D eigenvalue weighted by Crippen LogP contribution is 2.40. The van der Waals surface area contributed by atoms with Crippen LogP contribution < -0.4 is 15.4 Å². The number of rotatable bonds is 5. The molecule has 7 nitrogen and oxygen atoms in total. The first-order valence-corrected chi connectivity index (χ1v) is 11.0. The maximum absolute atomic E-state index is 12.7. The molecule has 0 saturated heterocycles. The number of anilines is 2. The molecule has 8 heteroatoms. The molecule has 0 unspecified atom stereocenters. The van der Waals surface area contributed by atoms with Crippen LogP contribution in [0.25, 0.3) is 15.8 Å². The van der Waals surface area contributed by atoms with Crippen LogP contribution in [0.2, 0.25) is 0 Å². The van der Waals surface area contributed by atoms with Crippen molar-refractivity contribution >= 4 is 50.4 Å². The number of carbonyl (C=O) groups is 2. The zero-order valence-corrected chi connectivity index (χ0v) is 18.7. The maximum atomic E-state index is 12.7. The SMILES string of the molecule is COC(=O)c1cccc(Oc2ccc(NC(C)=C3C(=O)Nc4ccc5ncsc5c43)cc2)c1. The van der Waals surface area contributed by atoms with Gasteiger partial charge in [-0.15, -0.1) is 11.3 Å². The second-order valence-electron chi connectivity index (χ2n) is 7.41. The van der Waals surface area contributed by atoms with Crippen LogP contribution in [0.5, 0.6) is 11.5 Å². The number of hydrogen-bond donors (Lipinski definition) is 2. The fourth-order valence-electron chi connectivity index (χ4n) is 3.76. The highest BCUT2D eigenvalue weighted by molar-refractivity contribution is 7.17. The Hall–Kier alpha value is -4.17. The summed E-state index contributed by atoms with van der Waals surface area (Å²) in [6, 6.07) is 18.0. The zero-order valence-electron chi connectivity index (χ0n) is 17.8. The number of fused-ring (bicyclic) bond motifs is 3. The Morgan fingerprint density at radius 2 is 1.88 bits per heavy atom. The van der Waals surface area contributed by atoms with Crippen LogP contribution in [0.3, 0.4) is 0 Å². The number of thiazole rings is 1. The third-order valence-corrected chi connectivity index (χ3v) is 6.14. The fourth-order valence-corrected chi connectivity index (χ4v) is 4.61. The van der Waals surface area contributed by atoms with E-state index in [0.717, 1.165) is 32.9 Å². The Morgan fingerprint density at radius 1 is 1.06 bits per heavy atom. The van der Waals surface area contributed by atoms with Gasteiger partial charge in [0.2, 0.25) is 0 Å². The average Bonchev–Trinajstić information content (AvgIpc) is 3.43. The van der Waals surface area contributed by atoms with E-state index < -0.39 is 5.97 Å². The minimum Gasteiger partial charge on any atom is -0.465 e. The summed E-state index contributed by atoms with van der Waals surface area (Å²) in [5, 5.41) is 6.26. The standard InChI is InChI=1S/C25H19N3O4S/c1-14(21-22-19(28-24(21)29)10-11-20-23(22)33-13-26-20)27-16-6-8-17(9-7-16)32-18-5-3-4-15(12-18)25(30)31-2/h3-13,27H,1-2H3,(H,28,29). The molecule has 5 rings (SSSR count). The molecule has 1 aliphatic rings. The summed E-state index contributed by atoms with van der Waals surface area (Å²) < 4.78 is 11.6. The number of hydrogen-bond acceptors (Lipinski definition) is 7. The van der Waals surface area contributed by atoms with Gasteiger partial charge in [0.15, 0.2) is 0 Å². The van der Waals surface area contributed by atoms with Gasteiger partial charge in [-0.2, -0.15) is 0 Å². The van der Waals surface area contributed by atoms with Crippen molar-refractivity contribution in [1.29, 1.82) is 0 Å². The third-order valence-electron chi connectivity index (χ3n) is 5.28. The number of nitrogens with one attached hydrogen (secondary N) is 2. The Morgan fingerprint density at radius 3 is 2.67 bits per heavy atom. The summed E-state index contributed by atoms with van der Waals surface area (Å²) in [7, 11) is 1.34. The average molecular weight is 458 g/mol. The number of allylic oxidation sites excluding steroid dienone is 1.